The van der Waals surface area contributed by atoms with Gasteiger partial charge in [0.25, 0.3) is 5.91 Å². The molecule has 3 aromatic rings. The first-order valence-electron chi connectivity index (χ1n) is 7.68. The molecular formula is C18H16ClNO5S. The highest BCUT2D eigenvalue weighted by atomic mass is 35.5. The summed E-state index contributed by atoms with van der Waals surface area (Å²) in [6.07, 6.45) is 4.09. The van der Waals surface area contributed by atoms with E-state index in [1.54, 1.807) is 24.3 Å². The number of nitrogens with zero attached hydrogens (tertiary/aromatic N) is 1. The van der Waals surface area contributed by atoms with Gasteiger partial charge in [0.05, 0.1) is 35.5 Å². The Morgan fingerprint density at radius 1 is 1.04 bits per heavy atom. The van der Waals surface area contributed by atoms with Gasteiger partial charge in [-0.15, -0.1) is 0 Å². The lowest BCUT2D eigenvalue weighted by Gasteiger charge is -2.21. The fourth-order valence-corrected chi connectivity index (χ4v) is 3.79. The van der Waals surface area contributed by atoms with E-state index in [2.05, 4.69) is 0 Å². The standard InChI is InChI=1S/C18H16ClNO5S/c1-26(22,23)17-10-13(6-7-16(17)19)18(21)20(11-14-4-2-8-24-14)12-15-5-3-9-25-15/h2-10H,11-12H2,1H3. The molecule has 0 aliphatic carbocycles. The third kappa shape index (κ3) is 4.17. The number of halogens is 1. The van der Waals surface area contributed by atoms with Crippen LogP contribution in [0.25, 0.3) is 0 Å². The second-order valence-electron chi connectivity index (χ2n) is 5.74. The van der Waals surface area contributed by atoms with Crippen LogP contribution in [-0.2, 0) is 22.9 Å². The summed E-state index contributed by atoms with van der Waals surface area (Å²) >= 11 is 5.96. The second kappa shape index (κ2) is 7.39. The lowest BCUT2D eigenvalue weighted by molar-refractivity contribution is 0.0704. The summed E-state index contributed by atoms with van der Waals surface area (Å²) in [7, 11) is -3.55. The molecule has 1 amide bonds. The Hall–Kier alpha value is -2.51. The summed E-state index contributed by atoms with van der Waals surface area (Å²) in [4.78, 5) is 14.4. The number of carbonyl (C=O) groups is 1. The van der Waals surface area contributed by atoms with Crippen molar-refractivity contribution in [3.05, 3.63) is 77.1 Å². The Morgan fingerprint density at radius 3 is 2.08 bits per heavy atom. The van der Waals surface area contributed by atoms with Crippen molar-refractivity contribution in [2.75, 3.05) is 6.26 Å². The number of rotatable bonds is 6. The van der Waals surface area contributed by atoms with Crippen LogP contribution in [0.5, 0.6) is 0 Å². The van der Waals surface area contributed by atoms with Crippen LogP contribution in [0.15, 0.2) is 68.7 Å². The molecule has 3 rings (SSSR count). The van der Waals surface area contributed by atoms with Crippen molar-refractivity contribution in [2.45, 2.75) is 18.0 Å². The first-order chi connectivity index (χ1) is 12.3. The van der Waals surface area contributed by atoms with E-state index < -0.39 is 9.84 Å². The summed E-state index contributed by atoms with van der Waals surface area (Å²) < 4.78 is 34.4. The van der Waals surface area contributed by atoms with Crippen molar-refractivity contribution in [1.82, 2.24) is 4.90 Å². The average molecular weight is 394 g/mol. The number of amides is 1. The van der Waals surface area contributed by atoms with Gasteiger partial charge in [-0.25, -0.2) is 8.42 Å². The summed E-state index contributed by atoms with van der Waals surface area (Å²) in [6.45, 7) is 0.423. The second-order valence-corrected chi connectivity index (χ2v) is 8.13. The quantitative estimate of drug-likeness (QED) is 0.636. The number of sulfone groups is 1. The van der Waals surface area contributed by atoms with Crippen LogP contribution < -0.4 is 0 Å². The van der Waals surface area contributed by atoms with E-state index in [-0.39, 0.29) is 34.5 Å². The molecule has 2 heterocycles. The molecule has 0 aliphatic rings. The zero-order chi connectivity index (χ0) is 18.7. The van der Waals surface area contributed by atoms with Gasteiger partial charge in [0, 0.05) is 11.8 Å². The predicted molar refractivity (Wildman–Crippen MR) is 95.6 cm³/mol. The van der Waals surface area contributed by atoms with Crippen LogP contribution in [0.2, 0.25) is 5.02 Å². The van der Waals surface area contributed by atoms with E-state index in [4.69, 9.17) is 20.4 Å². The third-order valence-electron chi connectivity index (χ3n) is 3.72. The van der Waals surface area contributed by atoms with Crippen LogP contribution in [0.1, 0.15) is 21.9 Å². The monoisotopic (exact) mass is 393 g/mol. The molecule has 0 spiro atoms. The van der Waals surface area contributed by atoms with Crippen molar-refractivity contribution in [3.8, 4) is 0 Å². The van der Waals surface area contributed by atoms with E-state index in [1.165, 1.54) is 35.6 Å². The summed E-state index contributed by atoms with van der Waals surface area (Å²) in [5.74, 6) is 0.837. The Balaban J connectivity index is 1.94. The zero-order valence-electron chi connectivity index (χ0n) is 13.9. The number of hydrogen-bond donors (Lipinski definition) is 0. The first-order valence-corrected chi connectivity index (χ1v) is 9.95. The molecule has 0 fully saturated rings. The molecule has 0 N–H and O–H groups in total. The van der Waals surface area contributed by atoms with Gasteiger partial charge in [-0.1, -0.05) is 11.6 Å². The molecule has 0 aliphatic heterocycles. The molecule has 0 saturated carbocycles. The van der Waals surface area contributed by atoms with Gasteiger partial charge in [0.1, 0.15) is 11.5 Å². The molecule has 6 nitrogen and oxygen atoms in total. The number of carbonyl (C=O) groups excluding carboxylic acids is 1. The van der Waals surface area contributed by atoms with Crippen molar-refractivity contribution in [1.29, 1.82) is 0 Å². The van der Waals surface area contributed by atoms with Gasteiger partial charge in [0.2, 0.25) is 0 Å². The molecular weight excluding hydrogens is 378 g/mol. The smallest absolute Gasteiger partial charge is 0.254 e. The Bertz CT molecular complexity index is 958. The van der Waals surface area contributed by atoms with Crippen LogP contribution in [0, 0.1) is 0 Å². The first kappa shape index (κ1) is 18.3. The van der Waals surface area contributed by atoms with E-state index in [0.29, 0.717) is 11.5 Å². The molecule has 0 unspecified atom stereocenters. The van der Waals surface area contributed by atoms with Crippen molar-refractivity contribution in [2.24, 2.45) is 0 Å². The van der Waals surface area contributed by atoms with Crippen molar-refractivity contribution in [3.63, 3.8) is 0 Å². The normalized spacial score (nSPS) is 11.5. The van der Waals surface area contributed by atoms with Crippen LogP contribution >= 0.6 is 11.6 Å². The Labute approximate surface area is 155 Å². The minimum Gasteiger partial charge on any atom is -0.467 e. The van der Waals surface area contributed by atoms with Crippen molar-refractivity contribution >= 4 is 27.3 Å². The van der Waals surface area contributed by atoms with Gasteiger partial charge in [0.15, 0.2) is 9.84 Å². The minimum absolute atomic E-state index is 0.0765. The van der Waals surface area contributed by atoms with Crippen molar-refractivity contribution < 1.29 is 22.0 Å². The Morgan fingerprint density at radius 2 is 1.62 bits per heavy atom. The number of hydrogen-bond acceptors (Lipinski definition) is 5. The van der Waals surface area contributed by atoms with E-state index in [0.717, 1.165) is 6.26 Å². The van der Waals surface area contributed by atoms with Gasteiger partial charge < -0.3 is 13.7 Å². The molecule has 2 aromatic heterocycles. The van der Waals surface area contributed by atoms with Crippen LogP contribution in [0.4, 0.5) is 0 Å². The van der Waals surface area contributed by atoms with Gasteiger partial charge in [-0.05, 0) is 42.5 Å². The minimum atomic E-state index is -3.55. The van der Waals surface area contributed by atoms with E-state index in [9.17, 15) is 13.2 Å². The fraction of sp³-hybridized carbons (Fsp3) is 0.167. The predicted octanol–water partition coefficient (Wildman–Crippen LogP) is 3.77. The molecule has 136 valence electrons. The molecule has 0 atom stereocenters. The lowest BCUT2D eigenvalue weighted by Crippen LogP contribution is -2.30. The molecule has 1 aromatic carbocycles. The Kier molecular flexibility index (Phi) is 5.20. The summed E-state index contributed by atoms with van der Waals surface area (Å²) in [5.41, 5.74) is 0.216. The van der Waals surface area contributed by atoms with Gasteiger partial charge >= 0.3 is 0 Å². The number of furan rings is 2. The SMILES string of the molecule is CS(=O)(=O)c1cc(C(=O)N(Cc2ccco2)Cc2ccco2)ccc1Cl. The highest BCUT2D eigenvalue weighted by Crippen LogP contribution is 2.24. The summed E-state index contributed by atoms with van der Waals surface area (Å²) in [5, 5.41) is 0.0765. The van der Waals surface area contributed by atoms with E-state index in [1.807, 2.05) is 0 Å². The maximum Gasteiger partial charge on any atom is 0.254 e. The molecule has 8 heteroatoms. The van der Waals surface area contributed by atoms with Gasteiger partial charge in [-0.3, -0.25) is 4.79 Å². The van der Waals surface area contributed by atoms with Gasteiger partial charge in [-0.2, -0.15) is 0 Å². The molecule has 0 bridgehead atoms. The van der Waals surface area contributed by atoms with Crippen LogP contribution in [0.3, 0.4) is 0 Å². The highest BCUT2D eigenvalue weighted by Gasteiger charge is 2.22. The molecule has 0 saturated heterocycles. The number of benzene rings is 1. The maximum absolute atomic E-state index is 13.0. The lowest BCUT2D eigenvalue weighted by atomic mass is 10.2. The third-order valence-corrected chi connectivity index (χ3v) is 5.30. The molecule has 0 radical (unpaired) electrons. The zero-order valence-corrected chi connectivity index (χ0v) is 15.5. The maximum atomic E-state index is 13.0. The highest BCUT2D eigenvalue weighted by molar-refractivity contribution is 7.90. The van der Waals surface area contributed by atoms with E-state index >= 15 is 0 Å². The fourth-order valence-electron chi connectivity index (χ4n) is 2.48. The molecule has 26 heavy (non-hydrogen) atoms. The van der Waals surface area contributed by atoms with Crippen LogP contribution in [-0.4, -0.2) is 25.5 Å². The summed E-state index contributed by atoms with van der Waals surface area (Å²) in [6, 6.07) is 11.2. The largest absolute Gasteiger partial charge is 0.467 e. The topological polar surface area (TPSA) is 80.7 Å². The average Bonchev–Trinajstić information content (AvgIpc) is 3.27.